The Balaban J connectivity index is 1.25. The van der Waals surface area contributed by atoms with Crippen LogP contribution in [0.4, 0.5) is 11.4 Å². The zero-order chi connectivity index (χ0) is 25.3. The number of benzene rings is 4. The quantitative estimate of drug-likeness (QED) is 0.383. The zero-order valence-electron chi connectivity index (χ0n) is 20.2. The van der Waals surface area contributed by atoms with Gasteiger partial charge in [0.05, 0.1) is 17.5 Å². The molecule has 4 aromatic carbocycles. The second-order valence-electron chi connectivity index (χ2n) is 10.1. The number of nitrogens with one attached hydrogen (secondary N) is 1. The van der Waals surface area contributed by atoms with Crippen molar-refractivity contribution in [2.24, 2.45) is 11.8 Å². The molecule has 0 aromatic heterocycles. The first-order valence-electron chi connectivity index (χ1n) is 12.6. The average molecular weight is 485 g/mol. The van der Waals surface area contributed by atoms with Gasteiger partial charge in [0.15, 0.2) is 0 Å². The molecular formula is C32H24N2O3. The van der Waals surface area contributed by atoms with Crippen molar-refractivity contribution in [3.05, 3.63) is 130 Å². The number of hydrogen-bond acceptors (Lipinski definition) is 3. The molecule has 1 aliphatic heterocycles. The SMILES string of the molecule is Cc1ccc(C(=O)Nc2cccc(N3C(=O)[C@H]4C5c6ccccc6C(c6ccccc65)[C@@H]4C3=O)c2)cc1. The van der Waals surface area contributed by atoms with Crippen LogP contribution in [0.3, 0.4) is 0 Å². The highest BCUT2D eigenvalue weighted by atomic mass is 16.2. The third-order valence-corrected chi connectivity index (χ3v) is 8.12. The van der Waals surface area contributed by atoms with Gasteiger partial charge >= 0.3 is 0 Å². The van der Waals surface area contributed by atoms with E-state index < -0.39 is 11.8 Å². The number of carbonyl (C=O) groups excluding carboxylic acids is 3. The van der Waals surface area contributed by atoms with Crippen LogP contribution in [-0.2, 0) is 9.59 Å². The molecule has 0 saturated carbocycles. The summed E-state index contributed by atoms with van der Waals surface area (Å²) in [5.41, 5.74) is 7.23. The minimum Gasteiger partial charge on any atom is -0.322 e. The monoisotopic (exact) mass is 484 g/mol. The van der Waals surface area contributed by atoms with Crippen LogP contribution in [0.15, 0.2) is 97.1 Å². The highest BCUT2D eigenvalue weighted by Crippen LogP contribution is 2.61. The molecule has 4 aliphatic rings. The van der Waals surface area contributed by atoms with Crippen molar-refractivity contribution in [2.75, 3.05) is 10.2 Å². The maximum Gasteiger partial charge on any atom is 0.255 e. The number of imide groups is 1. The number of hydrogen-bond donors (Lipinski definition) is 1. The summed E-state index contributed by atoms with van der Waals surface area (Å²) in [5.74, 6) is -1.75. The molecule has 5 nitrogen and oxygen atoms in total. The van der Waals surface area contributed by atoms with Crippen molar-refractivity contribution in [2.45, 2.75) is 18.8 Å². The lowest BCUT2D eigenvalue weighted by Gasteiger charge is -2.45. The molecule has 2 bridgehead atoms. The van der Waals surface area contributed by atoms with Gasteiger partial charge in [-0.05, 0) is 59.5 Å². The van der Waals surface area contributed by atoms with Crippen LogP contribution in [0.2, 0.25) is 0 Å². The normalized spacial score (nSPS) is 22.9. The Morgan fingerprint density at radius 2 is 1.19 bits per heavy atom. The van der Waals surface area contributed by atoms with Crippen molar-refractivity contribution in [1.29, 1.82) is 0 Å². The lowest BCUT2D eigenvalue weighted by atomic mass is 9.55. The Labute approximate surface area is 214 Å². The summed E-state index contributed by atoms with van der Waals surface area (Å²) in [6.45, 7) is 1.97. The Kier molecular flexibility index (Phi) is 4.70. The molecule has 3 aliphatic carbocycles. The van der Waals surface area contributed by atoms with E-state index in [1.54, 1.807) is 36.4 Å². The average Bonchev–Trinajstić information content (AvgIpc) is 3.19. The van der Waals surface area contributed by atoms with Gasteiger partial charge < -0.3 is 5.32 Å². The molecule has 0 radical (unpaired) electrons. The van der Waals surface area contributed by atoms with Crippen LogP contribution in [0.1, 0.15) is 50.0 Å². The lowest BCUT2D eigenvalue weighted by Crippen LogP contribution is -2.41. The van der Waals surface area contributed by atoms with E-state index in [1.165, 1.54) is 4.90 Å². The summed E-state index contributed by atoms with van der Waals surface area (Å²) in [4.78, 5) is 42.1. The fraction of sp³-hybridized carbons (Fsp3) is 0.156. The number of aryl methyl sites for hydroxylation is 1. The number of nitrogens with zero attached hydrogens (tertiary/aromatic N) is 1. The maximum absolute atomic E-state index is 14.0. The molecular weight excluding hydrogens is 460 g/mol. The van der Waals surface area contributed by atoms with Gasteiger partial charge in [0.2, 0.25) is 11.8 Å². The van der Waals surface area contributed by atoms with Crippen molar-refractivity contribution < 1.29 is 14.4 Å². The molecule has 37 heavy (non-hydrogen) atoms. The first-order valence-corrected chi connectivity index (χ1v) is 12.6. The number of carbonyl (C=O) groups is 3. The van der Waals surface area contributed by atoms with Crippen LogP contribution < -0.4 is 10.2 Å². The van der Waals surface area contributed by atoms with Gasteiger partial charge in [0.25, 0.3) is 5.91 Å². The van der Waals surface area contributed by atoms with Gasteiger partial charge in [0.1, 0.15) is 0 Å². The number of anilines is 2. The second-order valence-corrected chi connectivity index (χ2v) is 10.1. The minimum atomic E-state index is -0.437. The molecule has 8 rings (SSSR count). The van der Waals surface area contributed by atoms with Crippen LogP contribution in [-0.4, -0.2) is 17.7 Å². The number of rotatable bonds is 3. The highest BCUT2D eigenvalue weighted by molar-refractivity contribution is 6.23. The van der Waals surface area contributed by atoms with Crippen LogP contribution in [0.25, 0.3) is 0 Å². The van der Waals surface area contributed by atoms with Crippen LogP contribution in [0, 0.1) is 18.8 Å². The molecule has 5 heteroatoms. The van der Waals surface area contributed by atoms with Crippen molar-refractivity contribution >= 4 is 29.1 Å². The Morgan fingerprint density at radius 1 is 0.676 bits per heavy atom. The fourth-order valence-electron chi connectivity index (χ4n) is 6.56. The van der Waals surface area contributed by atoms with Crippen molar-refractivity contribution in [1.82, 2.24) is 0 Å². The largest absolute Gasteiger partial charge is 0.322 e. The third kappa shape index (κ3) is 3.13. The molecule has 3 amide bonds. The first kappa shape index (κ1) is 21.7. The second kappa shape index (κ2) is 8.00. The molecule has 4 aromatic rings. The van der Waals surface area contributed by atoms with E-state index in [9.17, 15) is 14.4 Å². The molecule has 2 atom stereocenters. The van der Waals surface area contributed by atoms with Crippen LogP contribution in [0.5, 0.6) is 0 Å². The molecule has 1 fully saturated rings. The Morgan fingerprint density at radius 3 is 1.70 bits per heavy atom. The van der Waals surface area contributed by atoms with Gasteiger partial charge in [-0.3, -0.25) is 14.4 Å². The highest BCUT2D eigenvalue weighted by Gasteiger charge is 2.61. The van der Waals surface area contributed by atoms with E-state index in [4.69, 9.17) is 0 Å². The van der Waals surface area contributed by atoms with E-state index in [2.05, 4.69) is 29.6 Å². The molecule has 1 saturated heterocycles. The van der Waals surface area contributed by atoms with E-state index in [-0.39, 0.29) is 29.6 Å². The predicted octanol–water partition coefficient (Wildman–Crippen LogP) is 5.64. The summed E-state index contributed by atoms with van der Waals surface area (Å²) < 4.78 is 0. The smallest absolute Gasteiger partial charge is 0.255 e. The summed E-state index contributed by atoms with van der Waals surface area (Å²) in [6.07, 6.45) is 0. The van der Waals surface area contributed by atoms with Gasteiger partial charge in [-0.25, -0.2) is 4.90 Å². The maximum atomic E-state index is 14.0. The molecule has 180 valence electrons. The molecule has 1 N–H and O–H groups in total. The van der Waals surface area contributed by atoms with Crippen LogP contribution >= 0.6 is 0 Å². The molecule has 0 spiro atoms. The van der Waals surface area contributed by atoms with E-state index in [1.807, 2.05) is 43.3 Å². The van der Waals surface area contributed by atoms with Crippen molar-refractivity contribution in [3.63, 3.8) is 0 Å². The third-order valence-electron chi connectivity index (χ3n) is 8.12. The summed E-state index contributed by atoms with van der Waals surface area (Å²) in [6, 6.07) is 30.8. The molecule has 1 heterocycles. The first-order chi connectivity index (χ1) is 18.0. The van der Waals surface area contributed by atoms with E-state index >= 15 is 0 Å². The standard InChI is InChI=1S/C32H24N2O3/c1-18-13-15-19(16-14-18)30(35)33-20-7-6-8-21(17-20)34-31(36)28-26-22-9-2-3-10-23(22)27(29(28)32(34)37)25-12-5-4-11-24(25)26/h2-17,26-29H,1H3,(H,33,35)/t26?,27?,28-,29-/m0/s1. The van der Waals surface area contributed by atoms with Gasteiger partial charge in [-0.1, -0.05) is 72.3 Å². The predicted molar refractivity (Wildman–Crippen MR) is 142 cm³/mol. The Hall–Kier alpha value is -4.51. The van der Waals surface area contributed by atoms with Gasteiger partial charge in [0, 0.05) is 23.1 Å². The molecule has 0 unspecified atom stereocenters. The fourth-order valence-corrected chi connectivity index (χ4v) is 6.56. The Bertz CT molecular complexity index is 1490. The topological polar surface area (TPSA) is 66.5 Å². The van der Waals surface area contributed by atoms with Gasteiger partial charge in [-0.15, -0.1) is 0 Å². The van der Waals surface area contributed by atoms with Gasteiger partial charge in [-0.2, -0.15) is 0 Å². The minimum absolute atomic E-state index is 0.145. The van der Waals surface area contributed by atoms with E-state index in [0.29, 0.717) is 16.9 Å². The lowest BCUT2D eigenvalue weighted by molar-refractivity contribution is -0.122. The zero-order valence-corrected chi connectivity index (χ0v) is 20.2. The van der Waals surface area contributed by atoms with E-state index in [0.717, 1.165) is 27.8 Å². The summed E-state index contributed by atoms with van der Waals surface area (Å²) in [7, 11) is 0. The van der Waals surface area contributed by atoms with Crippen molar-refractivity contribution in [3.8, 4) is 0 Å². The summed E-state index contributed by atoms with van der Waals surface area (Å²) >= 11 is 0. The summed E-state index contributed by atoms with van der Waals surface area (Å²) in [5, 5.41) is 2.90. The number of amides is 3.